The van der Waals surface area contributed by atoms with Crippen LogP contribution in [0.1, 0.15) is 63.3 Å². The highest BCUT2D eigenvalue weighted by atomic mass is 16.4. The molecular weight excluding hydrogens is 362 g/mol. The van der Waals surface area contributed by atoms with Gasteiger partial charge in [0.15, 0.2) is 0 Å². The molecular formula is C24H33N3O2. The van der Waals surface area contributed by atoms with E-state index in [4.69, 9.17) is 9.40 Å². The van der Waals surface area contributed by atoms with E-state index in [0.717, 1.165) is 49.2 Å². The number of rotatable bonds is 5. The molecule has 1 amide bonds. The van der Waals surface area contributed by atoms with E-state index >= 15 is 0 Å². The first kappa shape index (κ1) is 20.1. The van der Waals surface area contributed by atoms with Gasteiger partial charge in [-0.1, -0.05) is 51.3 Å². The van der Waals surface area contributed by atoms with Crippen LogP contribution in [0.15, 0.2) is 34.7 Å². The maximum atomic E-state index is 13.0. The second kappa shape index (κ2) is 9.12. The van der Waals surface area contributed by atoms with Crippen molar-refractivity contribution in [3.8, 4) is 11.5 Å². The highest BCUT2D eigenvalue weighted by molar-refractivity contribution is 5.78. The van der Waals surface area contributed by atoms with Crippen LogP contribution in [0.3, 0.4) is 0 Å². The van der Waals surface area contributed by atoms with Crippen molar-refractivity contribution in [2.24, 2.45) is 0 Å². The highest BCUT2D eigenvalue weighted by Gasteiger charge is 2.28. The first-order chi connectivity index (χ1) is 14.1. The largest absolute Gasteiger partial charge is 0.440 e. The molecule has 0 unspecified atom stereocenters. The summed E-state index contributed by atoms with van der Waals surface area (Å²) in [5.74, 6) is 1.71. The van der Waals surface area contributed by atoms with E-state index in [0.29, 0.717) is 12.3 Å². The first-order valence-electron chi connectivity index (χ1n) is 11.2. The number of hydrogen-bond acceptors (Lipinski definition) is 4. The summed E-state index contributed by atoms with van der Waals surface area (Å²) in [6.07, 6.45) is 7.05. The van der Waals surface area contributed by atoms with Crippen molar-refractivity contribution in [1.29, 1.82) is 0 Å². The predicted molar refractivity (Wildman–Crippen MR) is 115 cm³/mol. The molecule has 1 saturated carbocycles. The molecule has 156 valence electrons. The Hall–Kier alpha value is -2.14. The molecule has 5 heteroatoms. The SMILES string of the molecule is CC(C)c1nc(-c2ccccc2)oc1CC(=O)N1CCN(C2CCCCC2)CC1. The van der Waals surface area contributed by atoms with E-state index in [2.05, 4.69) is 18.7 Å². The Labute approximate surface area is 174 Å². The van der Waals surface area contributed by atoms with E-state index in [1.165, 1.54) is 32.1 Å². The number of benzene rings is 1. The average molecular weight is 396 g/mol. The Bertz CT molecular complexity index is 801. The molecule has 0 spiro atoms. The van der Waals surface area contributed by atoms with E-state index in [9.17, 15) is 4.79 Å². The van der Waals surface area contributed by atoms with E-state index in [1.807, 2.05) is 35.2 Å². The molecule has 29 heavy (non-hydrogen) atoms. The summed E-state index contributed by atoms with van der Waals surface area (Å²) in [5.41, 5.74) is 1.85. The van der Waals surface area contributed by atoms with Gasteiger partial charge in [0.2, 0.25) is 11.8 Å². The first-order valence-corrected chi connectivity index (χ1v) is 11.2. The van der Waals surface area contributed by atoms with Crippen LogP contribution in [0.25, 0.3) is 11.5 Å². The molecule has 0 N–H and O–H groups in total. The molecule has 1 aliphatic heterocycles. The van der Waals surface area contributed by atoms with Crippen LogP contribution in [0.2, 0.25) is 0 Å². The monoisotopic (exact) mass is 395 g/mol. The van der Waals surface area contributed by atoms with Crippen LogP contribution in [0.5, 0.6) is 0 Å². The van der Waals surface area contributed by atoms with Gasteiger partial charge in [-0.3, -0.25) is 9.69 Å². The van der Waals surface area contributed by atoms with Crippen molar-refractivity contribution in [3.63, 3.8) is 0 Å². The molecule has 1 aromatic carbocycles. The third-order valence-corrected chi connectivity index (χ3v) is 6.37. The number of piperazine rings is 1. The maximum absolute atomic E-state index is 13.0. The van der Waals surface area contributed by atoms with E-state index < -0.39 is 0 Å². The Morgan fingerprint density at radius 2 is 1.76 bits per heavy atom. The normalized spacial score (nSPS) is 19.1. The Morgan fingerprint density at radius 1 is 1.07 bits per heavy atom. The van der Waals surface area contributed by atoms with Gasteiger partial charge >= 0.3 is 0 Å². The molecule has 0 bridgehead atoms. The lowest BCUT2D eigenvalue weighted by Gasteiger charge is -2.40. The van der Waals surface area contributed by atoms with Crippen LogP contribution >= 0.6 is 0 Å². The smallest absolute Gasteiger partial charge is 0.230 e. The number of amides is 1. The molecule has 1 aliphatic carbocycles. The average Bonchev–Trinajstić information content (AvgIpc) is 3.19. The molecule has 2 aliphatic rings. The Balaban J connectivity index is 1.40. The molecule has 4 rings (SSSR count). The number of nitrogens with zero attached hydrogens (tertiary/aromatic N) is 3. The standard InChI is InChI=1S/C24H33N3O2/c1-18(2)23-21(29-24(25-23)19-9-5-3-6-10-19)17-22(28)27-15-13-26(14-16-27)20-11-7-4-8-12-20/h3,5-6,9-10,18,20H,4,7-8,11-17H2,1-2H3. The minimum absolute atomic E-state index is 0.158. The molecule has 5 nitrogen and oxygen atoms in total. The minimum Gasteiger partial charge on any atom is -0.440 e. The summed E-state index contributed by atoms with van der Waals surface area (Å²) in [6, 6.07) is 10.7. The fourth-order valence-electron chi connectivity index (χ4n) is 4.68. The fourth-order valence-corrected chi connectivity index (χ4v) is 4.68. The Morgan fingerprint density at radius 3 is 2.41 bits per heavy atom. The van der Waals surface area contributed by atoms with Gasteiger partial charge in [0, 0.05) is 37.8 Å². The summed E-state index contributed by atoms with van der Waals surface area (Å²) in [6.45, 7) is 7.85. The number of aromatic nitrogens is 1. The van der Waals surface area contributed by atoms with Crippen molar-refractivity contribution in [3.05, 3.63) is 41.8 Å². The maximum Gasteiger partial charge on any atom is 0.230 e. The Kier molecular flexibility index (Phi) is 6.34. The number of carbonyl (C=O) groups excluding carboxylic acids is 1. The van der Waals surface area contributed by atoms with Gasteiger partial charge in [-0.25, -0.2) is 4.98 Å². The van der Waals surface area contributed by atoms with Crippen LogP contribution < -0.4 is 0 Å². The van der Waals surface area contributed by atoms with Gasteiger partial charge in [0.25, 0.3) is 0 Å². The molecule has 2 fully saturated rings. The number of oxazole rings is 1. The third-order valence-electron chi connectivity index (χ3n) is 6.37. The quantitative estimate of drug-likeness (QED) is 0.749. The van der Waals surface area contributed by atoms with Crippen LogP contribution in [0, 0.1) is 0 Å². The minimum atomic E-state index is 0.158. The second-order valence-electron chi connectivity index (χ2n) is 8.73. The number of hydrogen-bond donors (Lipinski definition) is 0. The number of carbonyl (C=O) groups is 1. The van der Waals surface area contributed by atoms with Gasteiger partial charge in [-0.05, 0) is 30.9 Å². The van der Waals surface area contributed by atoms with Crippen molar-refractivity contribution >= 4 is 5.91 Å². The van der Waals surface area contributed by atoms with Gasteiger partial charge in [-0.15, -0.1) is 0 Å². The zero-order chi connectivity index (χ0) is 20.2. The fraction of sp³-hybridized carbons (Fsp3) is 0.583. The molecule has 0 atom stereocenters. The van der Waals surface area contributed by atoms with Crippen LogP contribution in [0.4, 0.5) is 0 Å². The molecule has 1 saturated heterocycles. The topological polar surface area (TPSA) is 49.6 Å². The third kappa shape index (κ3) is 4.72. The zero-order valence-corrected chi connectivity index (χ0v) is 17.8. The van der Waals surface area contributed by atoms with Crippen molar-refractivity contribution in [2.45, 2.75) is 64.3 Å². The van der Waals surface area contributed by atoms with Crippen LogP contribution in [-0.2, 0) is 11.2 Å². The molecule has 2 aromatic rings. The molecule has 2 heterocycles. The van der Waals surface area contributed by atoms with Crippen LogP contribution in [-0.4, -0.2) is 52.9 Å². The van der Waals surface area contributed by atoms with Gasteiger partial charge in [-0.2, -0.15) is 0 Å². The second-order valence-corrected chi connectivity index (χ2v) is 8.73. The highest BCUT2D eigenvalue weighted by Crippen LogP contribution is 2.28. The van der Waals surface area contributed by atoms with Crippen molar-refractivity contribution < 1.29 is 9.21 Å². The summed E-state index contributed by atoms with van der Waals surface area (Å²) in [4.78, 5) is 22.3. The van der Waals surface area contributed by atoms with E-state index in [-0.39, 0.29) is 11.8 Å². The lowest BCUT2D eigenvalue weighted by molar-refractivity contribution is -0.132. The zero-order valence-electron chi connectivity index (χ0n) is 17.8. The van der Waals surface area contributed by atoms with Gasteiger partial charge < -0.3 is 9.32 Å². The summed E-state index contributed by atoms with van der Waals surface area (Å²) < 4.78 is 6.07. The van der Waals surface area contributed by atoms with E-state index in [1.54, 1.807) is 0 Å². The van der Waals surface area contributed by atoms with Gasteiger partial charge in [0.05, 0.1) is 12.1 Å². The van der Waals surface area contributed by atoms with Crippen molar-refractivity contribution in [1.82, 2.24) is 14.8 Å². The van der Waals surface area contributed by atoms with Crippen molar-refractivity contribution in [2.75, 3.05) is 26.2 Å². The lowest BCUT2D eigenvalue weighted by Crippen LogP contribution is -2.52. The summed E-state index contributed by atoms with van der Waals surface area (Å²) in [5, 5.41) is 0. The predicted octanol–water partition coefficient (Wildman–Crippen LogP) is 4.48. The molecule has 0 radical (unpaired) electrons. The van der Waals surface area contributed by atoms with Gasteiger partial charge in [0.1, 0.15) is 5.76 Å². The summed E-state index contributed by atoms with van der Waals surface area (Å²) in [7, 11) is 0. The molecule has 1 aromatic heterocycles. The summed E-state index contributed by atoms with van der Waals surface area (Å²) >= 11 is 0. The lowest BCUT2D eigenvalue weighted by atomic mass is 9.94.